The maximum Gasteiger partial charge on any atom is 0.243 e. The summed E-state index contributed by atoms with van der Waals surface area (Å²) < 4.78 is 27.4. The zero-order valence-electron chi connectivity index (χ0n) is 12.0. The second-order valence-electron chi connectivity index (χ2n) is 5.83. The van der Waals surface area contributed by atoms with Gasteiger partial charge in [-0.25, -0.2) is 8.42 Å². The molecule has 3 rings (SSSR count). The van der Waals surface area contributed by atoms with Gasteiger partial charge in [0, 0.05) is 19.1 Å². The number of benzene rings is 1. The SMILES string of the molecule is Cc1cc(S(=O)(=O)N2CCCC3CNCC32)ccc1C#N. The Morgan fingerprint density at radius 2 is 2.19 bits per heavy atom. The van der Waals surface area contributed by atoms with Crippen molar-refractivity contribution in [1.82, 2.24) is 9.62 Å². The number of fused-ring (bicyclic) bond motifs is 1. The zero-order chi connectivity index (χ0) is 15.0. The Bertz CT molecular complexity index is 693. The fourth-order valence-corrected chi connectivity index (χ4v) is 5.19. The fraction of sp³-hybridized carbons (Fsp3) is 0.533. The molecule has 0 spiro atoms. The average Bonchev–Trinajstić information content (AvgIpc) is 2.95. The summed E-state index contributed by atoms with van der Waals surface area (Å²) in [6.45, 7) is 4.00. The van der Waals surface area contributed by atoms with Crippen molar-refractivity contribution in [1.29, 1.82) is 5.26 Å². The number of hydrogen-bond donors (Lipinski definition) is 1. The Balaban J connectivity index is 1.96. The molecule has 2 unspecified atom stereocenters. The van der Waals surface area contributed by atoms with E-state index in [1.165, 1.54) is 0 Å². The van der Waals surface area contributed by atoms with E-state index in [2.05, 4.69) is 11.4 Å². The largest absolute Gasteiger partial charge is 0.315 e. The molecule has 2 aliphatic rings. The van der Waals surface area contributed by atoms with Crippen LogP contribution in [-0.4, -0.2) is 38.4 Å². The highest BCUT2D eigenvalue weighted by atomic mass is 32.2. The molecule has 1 aromatic carbocycles. The van der Waals surface area contributed by atoms with Crippen molar-refractivity contribution < 1.29 is 8.42 Å². The first-order chi connectivity index (χ1) is 10.0. The molecule has 2 aliphatic heterocycles. The summed E-state index contributed by atoms with van der Waals surface area (Å²) in [6, 6.07) is 6.89. The van der Waals surface area contributed by atoms with E-state index in [1.54, 1.807) is 29.4 Å². The van der Waals surface area contributed by atoms with Crippen LogP contribution in [0.2, 0.25) is 0 Å². The van der Waals surface area contributed by atoms with E-state index in [9.17, 15) is 8.42 Å². The van der Waals surface area contributed by atoms with Crippen LogP contribution in [0.1, 0.15) is 24.0 Å². The molecule has 112 valence electrons. The third kappa shape index (κ3) is 2.46. The van der Waals surface area contributed by atoms with E-state index in [-0.39, 0.29) is 6.04 Å². The predicted octanol–water partition coefficient (Wildman–Crippen LogP) is 1.24. The van der Waals surface area contributed by atoms with Crippen molar-refractivity contribution in [3.63, 3.8) is 0 Å². The lowest BCUT2D eigenvalue weighted by atomic mass is 9.94. The Morgan fingerprint density at radius 3 is 2.90 bits per heavy atom. The van der Waals surface area contributed by atoms with Gasteiger partial charge >= 0.3 is 0 Å². The highest BCUT2D eigenvalue weighted by Gasteiger charge is 2.41. The molecule has 0 saturated carbocycles. The van der Waals surface area contributed by atoms with Gasteiger partial charge in [0.05, 0.1) is 16.5 Å². The maximum absolute atomic E-state index is 12.9. The Hall–Kier alpha value is -1.42. The van der Waals surface area contributed by atoms with Crippen molar-refractivity contribution in [2.75, 3.05) is 19.6 Å². The Labute approximate surface area is 125 Å². The van der Waals surface area contributed by atoms with Gasteiger partial charge in [-0.05, 0) is 56.0 Å². The number of rotatable bonds is 2. The van der Waals surface area contributed by atoms with Gasteiger partial charge in [-0.2, -0.15) is 9.57 Å². The molecule has 0 aromatic heterocycles. The second-order valence-corrected chi connectivity index (χ2v) is 7.72. The highest BCUT2D eigenvalue weighted by molar-refractivity contribution is 7.89. The Morgan fingerprint density at radius 1 is 1.38 bits per heavy atom. The minimum absolute atomic E-state index is 0.0692. The third-order valence-electron chi connectivity index (χ3n) is 4.55. The third-order valence-corrected chi connectivity index (χ3v) is 6.47. The van der Waals surface area contributed by atoms with Crippen LogP contribution in [0.3, 0.4) is 0 Å². The van der Waals surface area contributed by atoms with Gasteiger partial charge in [-0.3, -0.25) is 0 Å². The normalized spacial score (nSPS) is 26.3. The predicted molar refractivity (Wildman–Crippen MR) is 79.2 cm³/mol. The molecule has 2 saturated heterocycles. The number of sulfonamides is 1. The van der Waals surface area contributed by atoms with Crippen LogP contribution in [0.4, 0.5) is 0 Å². The molecule has 0 bridgehead atoms. The van der Waals surface area contributed by atoms with E-state index in [4.69, 9.17) is 5.26 Å². The highest BCUT2D eigenvalue weighted by Crippen LogP contribution is 2.31. The van der Waals surface area contributed by atoms with Crippen LogP contribution in [0.5, 0.6) is 0 Å². The summed E-state index contributed by atoms with van der Waals surface area (Å²) >= 11 is 0. The summed E-state index contributed by atoms with van der Waals surface area (Å²) in [6.07, 6.45) is 2.01. The van der Waals surface area contributed by atoms with Gasteiger partial charge in [0.1, 0.15) is 0 Å². The van der Waals surface area contributed by atoms with Crippen LogP contribution in [0.25, 0.3) is 0 Å². The van der Waals surface area contributed by atoms with E-state index < -0.39 is 10.0 Å². The van der Waals surface area contributed by atoms with Crippen LogP contribution < -0.4 is 5.32 Å². The molecule has 2 fully saturated rings. The van der Waals surface area contributed by atoms with E-state index >= 15 is 0 Å². The van der Waals surface area contributed by atoms with E-state index in [0.717, 1.165) is 25.9 Å². The lowest BCUT2D eigenvalue weighted by molar-refractivity contribution is 0.217. The van der Waals surface area contributed by atoms with Gasteiger partial charge in [0.15, 0.2) is 0 Å². The Kier molecular flexibility index (Phi) is 3.74. The van der Waals surface area contributed by atoms with Crippen molar-refractivity contribution in [2.24, 2.45) is 5.92 Å². The maximum atomic E-state index is 12.9. The lowest BCUT2D eigenvalue weighted by Gasteiger charge is -2.36. The molecule has 0 amide bonds. The number of hydrogen-bond acceptors (Lipinski definition) is 4. The molecule has 1 N–H and O–H groups in total. The van der Waals surface area contributed by atoms with Crippen molar-refractivity contribution >= 4 is 10.0 Å². The van der Waals surface area contributed by atoms with Crippen molar-refractivity contribution in [3.8, 4) is 6.07 Å². The minimum Gasteiger partial charge on any atom is -0.315 e. The molecule has 6 heteroatoms. The molecule has 5 nitrogen and oxygen atoms in total. The molecular weight excluding hydrogens is 286 g/mol. The average molecular weight is 305 g/mol. The number of aryl methyl sites for hydroxylation is 1. The van der Waals surface area contributed by atoms with Crippen molar-refractivity contribution in [2.45, 2.75) is 30.7 Å². The monoisotopic (exact) mass is 305 g/mol. The molecular formula is C15H19N3O2S. The number of nitrogens with zero attached hydrogens (tertiary/aromatic N) is 2. The summed E-state index contributed by atoms with van der Waals surface area (Å²) in [4.78, 5) is 0.298. The van der Waals surface area contributed by atoms with Crippen LogP contribution in [-0.2, 0) is 10.0 Å². The van der Waals surface area contributed by atoms with Gasteiger partial charge in [-0.1, -0.05) is 0 Å². The van der Waals surface area contributed by atoms with E-state index in [1.807, 2.05) is 0 Å². The number of nitriles is 1. The summed E-state index contributed by atoms with van der Waals surface area (Å²) in [5.41, 5.74) is 1.23. The van der Waals surface area contributed by atoms with Gasteiger partial charge in [0.2, 0.25) is 10.0 Å². The molecule has 21 heavy (non-hydrogen) atoms. The summed E-state index contributed by atoms with van der Waals surface area (Å²) in [5.74, 6) is 0.424. The van der Waals surface area contributed by atoms with Crippen molar-refractivity contribution in [3.05, 3.63) is 29.3 Å². The summed E-state index contributed by atoms with van der Waals surface area (Å²) in [7, 11) is -3.48. The first-order valence-corrected chi connectivity index (χ1v) is 8.71. The quantitative estimate of drug-likeness (QED) is 0.892. The first-order valence-electron chi connectivity index (χ1n) is 7.27. The first kappa shape index (κ1) is 14.5. The number of piperidine rings is 1. The summed E-state index contributed by atoms with van der Waals surface area (Å²) in [5, 5.41) is 12.3. The molecule has 1 aromatic rings. The second kappa shape index (κ2) is 5.41. The molecule has 2 atom stereocenters. The van der Waals surface area contributed by atoms with Gasteiger partial charge < -0.3 is 5.32 Å². The van der Waals surface area contributed by atoms with Crippen LogP contribution >= 0.6 is 0 Å². The lowest BCUT2D eigenvalue weighted by Crippen LogP contribution is -2.48. The van der Waals surface area contributed by atoms with Gasteiger partial charge in [0.25, 0.3) is 0 Å². The minimum atomic E-state index is -3.48. The standard InChI is InChI=1S/C15H19N3O2S/c1-11-7-14(5-4-12(11)8-16)21(19,20)18-6-2-3-13-9-17-10-15(13)18/h4-5,7,13,15,17H,2-3,6,9-10H2,1H3. The van der Waals surface area contributed by atoms with E-state index in [0.29, 0.717) is 28.5 Å². The molecule has 0 radical (unpaired) electrons. The zero-order valence-corrected chi connectivity index (χ0v) is 12.9. The van der Waals surface area contributed by atoms with Crippen LogP contribution in [0, 0.1) is 24.2 Å². The molecule has 2 heterocycles. The topological polar surface area (TPSA) is 73.2 Å². The van der Waals surface area contributed by atoms with Crippen LogP contribution in [0.15, 0.2) is 23.1 Å². The molecule has 0 aliphatic carbocycles. The van der Waals surface area contributed by atoms with Gasteiger partial charge in [-0.15, -0.1) is 0 Å². The smallest absolute Gasteiger partial charge is 0.243 e. The fourth-order valence-electron chi connectivity index (χ4n) is 3.38. The number of nitrogens with one attached hydrogen (secondary N) is 1.